The summed E-state index contributed by atoms with van der Waals surface area (Å²) in [6.45, 7) is 6.94. The zero-order valence-corrected chi connectivity index (χ0v) is 17.8. The number of fused-ring (bicyclic) bond motifs is 2. The molecule has 1 N–H and O–H groups in total. The van der Waals surface area contributed by atoms with Gasteiger partial charge in [-0.1, -0.05) is 54.2 Å². The van der Waals surface area contributed by atoms with Crippen LogP contribution in [0.5, 0.6) is 0 Å². The highest BCUT2D eigenvalue weighted by atomic mass is 32.2. The van der Waals surface area contributed by atoms with Gasteiger partial charge in [0, 0.05) is 6.61 Å². The van der Waals surface area contributed by atoms with Crippen molar-refractivity contribution in [3.8, 4) is 0 Å². The standard InChI is InChI=1S/C23H25N3O2S/c1-14-24-21-19(22(27)25-26(21)16-11-12-28-23(2,3)13-16)20(29-14)18-10-6-8-15-7-4-5-9-17(15)18/h4-10,16,20H,11-13H2,1-3H3,(H,25,27)/t16-,20+/m1/s1. The highest BCUT2D eigenvalue weighted by Crippen LogP contribution is 2.47. The molecule has 2 atom stereocenters. The molecule has 5 rings (SSSR count). The summed E-state index contributed by atoms with van der Waals surface area (Å²) in [6, 6.07) is 14.9. The van der Waals surface area contributed by atoms with Gasteiger partial charge in [0.15, 0.2) is 5.82 Å². The van der Waals surface area contributed by atoms with Crippen molar-refractivity contribution < 1.29 is 4.74 Å². The van der Waals surface area contributed by atoms with Gasteiger partial charge in [-0.2, -0.15) is 0 Å². The Hall–Kier alpha value is -2.31. The second-order valence-electron chi connectivity index (χ2n) is 8.50. The highest BCUT2D eigenvalue weighted by Gasteiger charge is 2.36. The van der Waals surface area contributed by atoms with Crippen molar-refractivity contribution in [2.45, 2.75) is 50.5 Å². The number of nitrogens with zero attached hydrogens (tertiary/aromatic N) is 2. The molecule has 2 aliphatic rings. The fourth-order valence-electron chi connectivity index (χ4n) is 4.59. The summed E-state index contributed by atoms with van der Waals surface area (Å²) in [5.74, 6) is 0.784. The quantitative estimate of drug-likeness (QED) is 0.623. The number of hydrogen-bond donors (Lipinski definition) is 1. The van der Waals surface area contributed by atoms with E-state index in [-0.39, 0.29) is 22.5 Å². The number of aromatic nitrogens is 2. The number of thioether (sulfide) groups is 1. The first-order valence-electron chi connectivity index (χ1n) is 10.1. The minimum absolute atomic E-state index is 0.0361. The average Bonchev–Trinajstić information content (AvgIpc) is 3.02. The summed E-state index contributed by atoms with van der Waals surface area (Å²) in [4.78, 5) is 17.9. The van der Waals surface area contributed by atoms with E-state index in [1.165, 1.54) is 16.3 Å². The summed E-state index contributed by atoms with van der Waals surface area (Å²) < 4.78 is 7.89. The Balaban J connectivity index is 1.66. The second kappa shape index (κ2) is 6.89. The number of ether oxygens (including phenoxy) is 1. The fourth-order valence-corrected chi connectivity index (χ4v) is 5.73. The zero-order chi connectivity index (χ0) is 20.2. The van der Waals surface area contributed by atoms with E-state index < -0.39 is 0 Å². The Labute approximate surface area is 174 Å². The van der Waals surface area contributed by atoms with Gasteiger partial charge in [0.25, 0.3) is 5.56 Å². The molecule has 1 saturated heterocycles. The van der Waals surface area contributed by atoms with E-state index in [9.17, 15) is 4.79 Å². The Bertz CT molecular complexity index is 1170. The zero-order valence-electron chi connectivity index (χ0n) is 16.9. The molecule has 0 bridgehead atoms. The summed E-state index contributed by atoms with van der Waals surface area (Å²) in [6.07, 6.45) is 1.73. The summed E-state index contributed by atoms with van der Waals surface area (Å²) in [5, 5.41) is 6.41. The third kappa shape index (κ3) is 3.24. The highest BCUT2D eigenvalue weighted by molar-refractivity contribution is 8.14. The minimum atomic E-state index is -0.200. The molecule has 1 fully saturated rings. The maximum atomic E-state index is 13.1. The Morgan fingerprint density at radius 1 is 1.21 bits per heavy atom. The van der Waals surface area contributed by atoms with Crippen molar-refractivity contribution >= 4 is 33.4 Å². The number of benzene rings is 2. The lowest BCUT2D eigenvalue weighted by atomic mass is 9.94. The van der Waals surface area contributed by atoms with Crippen LogP contribution in [-0.2, 0) is 4.74 Å². The van der Waals surface area contributed by atoms with Gasteiger partial charge < -0.3 is 4.74 Å². The number of nitrogens with one attached hydrogen (secondary N) is 1. The molecule has 0 aliphatic carbocycles. The molecule has 2 aliphatic heterocycles. The van der Waals surface area contributed by atoms with Gasteiger partial charge in [0.1, 0.15) is 0 Å². The van der Waals surface area contributed by atoms with Crippen LogP contribution in [0.15, 0.2) is 52.3 Å². The number of aromatic amines is 1. The van der Waals surface area contributed by atoms with Crippen LogP contribution in [0.1, 0.15) is 56.0 Å². The molecule has 3 aromatic rings. The minimum Gasteiger partial charge on any atom is -0.375 e. The molecule has 6 heteroatoms. The number of hydrogen-bond acceptors (Lipinski definition) is 4. The maximum Gasteiger partial charge on any atom is 0.271 e. The first kappa shape index (κ1) is 18.7. The number of H-pyrrole nitrogens is 1. The Morgan fingerprint density at radius 2 is 2.00 bits per heavy atom. The van der Waals surface area contributed by atoms with E-state index in [1.807, 2.05) is 11.6 Å². The average molecular weight is 408 g/mol. The topological polar surface area (TPSA) is 59.4 Å². The van der Waals surface area contributed by atoms with Crippen LogP contribution >= 0.6 is 11.8 Å². The van der Waals surface area contributed by atoms with E-state index >= 15 is 0 Å². The van der Waals surface area contributed by atoms with Crippen molar-refractivity contribution in [3.05, 3.63) is 63.9 Å². The van der Waals surface area contributed by atoms with Crippen LogP contribution in [0.2, 0.25) is 0 Å². The number of rotatable bonds is 2. The van der Waals surface area contributed by atoms with Crippen LogP contribution in [-0.4, -0.2) is 27.0 Å². The van der Waals surface area contributed by atoms with Crippen LogP contribution < -0.4 is 5.56 Å². The summed E-state index contributed by atoms with van der Waals surface area (Å²) >= 11 is 1.66. The van der Waals surface area contributed by atoms with Crippen LogP contribution in [0.4, 0.5) is 5.82 Å². The molecule has 0 saturated carbocycles. The van der Waals surface area contributed by atoms with Gasteiger partial charge in [-0.15, -0.1) is 0 Å². The molecule has 3 heterocycles. The first-order valence-corrected chi connectivity index (χ1v) is 11.0. The molecule has 29 heavy (non-hydrogen) atoms. The van der Waals surface area contributed by atoms with Crippen molar-refractivity contribution in [2.75, 3.05) is 6.61 Å². The molecule has 5 nitrogen and oxygen atoms in total. The predicted molar refractivity (Wildman–Crippen MR) is 120 cm³/mol. The van der Waals surface area contributed by atoms with Crippen LogP contribution in [0.3, 0.4) is 0 Å². The van der Waals surface area contributed by atoms with E-state index in [4.69, 9.17) is 9.73 Å². The molecular formula is C23H25N3O2S. The molecule has 0 unspecified atom stereocenters. The van der Waals surface area contributed by atoms with E-state index in [0.717, 1.165) is 29.3 Å². The van der Waals surface area contributed by atoms with E-state index in [0.29, 0.717) is 6.61 Å². The largest absolute Gasteiger partial charge is 0.375 e. The molecule has 0 spiro atoms. The molecule has 150 valence electrons. The monoisotopic (exact) mass is 407 g/mol. The van der Waals surface area contributed by atoms with Gasteiger partial charge in [-0.25, -0.2) is 4.99 Å². The van der Waals surface area contributed by atoms with E-state index in [2.05, 4.69) is 61.4 Å². The Kier molecular flexibility index (Phi) is 4.44. The summed E-state index contributed by atoms with van der Waals surface area (Å²) in [5.41, 5.74) is 1.69. The SMILES string of the molecule is CC1=Nc2c(c(=O)[nH]n2[C@@H]2CCOC(C)(C)C2)[C@H](c2cccc3ccccc23)S1. The third-order valence-electron chi connectivity index (χ3n) is 5.89. The predicted octanol–water partition coefficient (Wildman–Crippen LogP) is 5.35. The van der Waals surface area contributed by atoms with Gasteiger partial charge in [0.05, 0.1) is 27.5 Å². The molecule has 1 aromatic heterocycles. The van der Waals surface area contributed by atoms with Gasteiger partial charge in [-0.3, -0.25) is 14.6 Å². The normalized spacial score (nSPS) is 23.6. The lowest BCUT2D eigenvalue weighted by Crippen LogP contribution is -2.35. The molecule has 0 radical (unpaired) electrons. The van der Waals surface area contributed by atoms with Gasteiger partial charge in [-0.05, 0) is 49.9 Å². The Morgan fingerprint density at radius 3 is 2.83 bits per heavy atom. The fraction of sp³-hybridized carbons (Fsp3) is 0.391. The van der Waals surface area contributed by atoms with Gasteiger partial charge in [0.2, 0.25) is 0 Å². The molecular weight excluding hydrogens is 382 g/mol. The second-order valence-corrected chi connectivity index (χ2v) is 9.80. The van der Waals surface area contributed by atoms with Crippen LogP contribution in [0, 0.1) is 0 Å². The molecule has 0 amide bonds. The molecule has 2 aromatic carbocycles. The lowest BCUT2D eigenvalue weighted by Gasteiger charge is -2.36. The summed E-state index contributed by atoms with van der Waals surface area (Å²) in [7, 11) is 0. The van der Waals surface area contributed by atoms with Crippen LogP contribution in [0.25, 0.3) is 10.8 Å². The van der Waals surface area contributed by atoms with Crippen molar-refractivity contribution in [1.82, 2.24) is 9.78 Å². The number of aliphatic imine (C=N–C) groups is 1. The maximum absolute atomic E-state index is 13.1. The first-order chi connectivity index (χ1) is 13.9. The smallest absolute Gasteiger partial charge is 0.271 e. The third-order valence-corrected chi connectivity index (χ3v) is 7.05. The van der Waals surface area contributed by atoms with Gasteiger partial charge >= 0.3 is 0 Å². The lowest BCUT2D eigenvalue weighted by molar-refractivity contribution is -0.0705. The van der Waals surface area contributed by atoms with Crippen molar-refractivity contribution in [1.29, 1.82) is 0 Å². The van der Waals surface area contributed by atoms with Crippen molar-refractivity contribution in [3.63, 3.8) is 0 Å². The van der Waals surface area contributed by atoms with Crippen molar-refractivity contribution in [2.24, 2.45) is 4.99 Å². The van der Waals surface area contributed by atoms with E-state index in [1.54, 1.807) is 11.8 Å².